The highest BCUT2D eigenvalue weighted by atomic mass is 28.4. The molecule has 0 aromatic heterocycles. The van der Waals surface area contributed by atoms with E-state index in [1.54, 1.807) is 0 Å². The zero-order chi connectivity index (χ0) is 32.0. The summed E-state index contributed by atoms with van der Waals surface area (Å²) in [5.74, 6) is 0.130. The lowest BCUT2D eigenvalue weighted by atomic mass is 9.63. The van der Waals surface area contributed by atoms with E-state index in [-0.39, 0.29) is 46.2 Å². The highest BCUT2D eigenvalue weighted by Crippen LogP contribution is 2.51. The molecule has 0 aliphatic heterocycles. The van der Waals surface area contributed by atoms with E-state index >= 15 is 0 Å². The zero-order valence-corrected chi connectivity index (χ0v) is 31.3. The molecule has 5 atom stereocenters. The first-order valence-electron chi connectivity index (χ1n) is 16.7. The molecule has 7 heteroatoms. The van der Waals surface area contributed by atoms with E-state index in [1.807, 2.05) is 0 Å². The molecule has 0 aromatic rings. The van der Waals surface area contributed by atoms with Crippen molar-refractivity contribution in [3.8, 4) is 0 Å². The van der Waals surface area contributed by atoms with Gasteiger partial charge < -0.3 is 18.7 Å². The van der Waals surface area contributed by atoms with E-state index in [2.05, 4.69) is 99.0 Å². The molecule has 5 nitrogen and oxygen atoms in total. The summed E-state index contributed by atoms with van der Waals surface area (Å²) in [6, 6.07) is 0. The van der Waals surface area contributed by atoms with Gasteiger partial charge in [0.1, 0.15) is 0 Å². The Morgan fingerprint density at radius 3 is 2.12 bits per heavy atom. The van der Waals surface area contributed by atoms with Gasteiger partial charge in [-0.05, 0) is 99.0 Å². The van der Waals surface area contributed by atoms with Crippen LogP contribution in [0.1, 0.15) is 113 Å². The van der Waals surface area contributed by atoms with Gasteiger partial charge in [0.05, 0.1) is 25.4 Å². The fourth-order valence-corrected chi connectivity index (χ4v) is 8.83. The molecule has 2 aliphatic rings. The Kier molecular flexibility index (Phi) is 13.4. The maximum absolute atomic E-state index is 11.4. The standard InChI is InChI=1S/C35H66O5Si2/c1-13-35(24-19-25-35)31(40-42(11,12)34(5,6)7)22-18-21-28-27(20-16-14-15-17-23-32(37)38-8)29(36)26-30(28)39-41(9,10)33(2,3)4/h14,16,18,21,27-31,36H,13,15,17,19-20,22-26H2,1-12H3/b16-14-,21-18+/t27-,28-,29+,30+,31?/m1/s1. The van der Waals surface area contributed by atoms with Crippen LogP contribution in [0.4, 0.5) is 0 Å². The van der Waals surface area contributed by atoms with Crippen molar-refractivity contribution in [3.05, 3.63) is 24.3 Å². The number of aliphatic hydroxyl groups excluding tert-OH is 1. The third-order valence-corrected chi connectivity index (χ3v) is 20.4. The van der Waals surface area contributed by atoms with Gasteiger partial charge in [-0.15, -0.1) is 0 Å². The van der Waals surface area contributed by atoms with Crippen LogP contribution in [0.5, 0.6) is 0 Å². The second-order valence-electron chi connectivity index (χ2n) is 16.2. The van der Waals surface area contributed by atoms with E-state index in [9.17, 15) is 9.90 Å². The molecular weight excluding hydrogens is 557 g/mol. The largest absolute Gasteiger partial charge is 0.469 e. The predicted molar refractivity (Wildman–Crippen MR) is 182 cm³/mol. The van der Waals surface area contributed by atoms with E-state index in [0.717, 1.165) is 25.7 Å². The number of rotatable bonds is 15. The molecule has 42 heavy (non-hydrogen) atoms. The monoisotopic (exact) mass is 622 g/mol. The Morgan fingerprint density at radius 1 is 1.00 bits per heavy atom. The molecule has 2 aliphatic carbocycles. The van der Waals surface area contributed by atoms with Crippen LogP contribution in [0.15, 0.2) is 24.3 Å². The van der Waals surface area contributed by atoms with Crippen molar-refractivity contribution < 1.29 is 23.5 Å². The second-order valence-corrected chi connectivity index (χ2v) is 25.7. The van der Waals surface area contributed by atoms with Crippen LogP contribution in [-0.4, -0.2) is 53.1 Å². The van der Waals surface area contributed by atoms with Crippen LogP contribution in [0.25, 0.3) is 0 Å². The number of carbonyl (C=O) groups excluding carboxylic acids is 1. The third kappa shape index (κ3) is 9.63. The van der Waals surface area contributed by atoms with Crippen molar-refractivity contribution >= 4 is 22.6 Å². The summed E-state index contributed by atoms with van der Waals surface area (Å²) >= 11 is 0. The third-order valence-electron chi connectivity index (χ3n) is 11.4. The summed E-state index contributed by atoms with van der Waals surface area (Å²) in [6.45, 7) is 25.6. The van der Waals surface area contributed by atoms with Gasteiger partial charge in [0, 0.05) is 12.3 Å². The molecule has 1 unspecified atom stereocenters. The van der Waals surface area contributed by atoms with Crippen molar-refractivity contribution in [1.29, 1.82) is 0 Å². The van der Waals surface area contributed by atoms with E-state index in [4.69, 9.17) is 13.6 Å². The second kappa shape index (κ2) is 15.0. The molecule has 2 saturated carbocycles. The average Bonchev–Trinajstić information content (AvgIpc) is 3.12. The van der Waals surface area contributed by atoms with Crippen molar-refractivity contribution in [3.63, 3.8) is 0 Å². The normalized spacial score (nSPS) is 26.1. The van der Waals surface area contributed by atoms with Crippen LogP contribution in [-0.2, 0) is 18.4 Å². The lowest BCUT2D eigenvalue weighted by Gasteiger charge is -2.51. The minimum absolute atomic E-state index is 0.0264. The zero-order valence-electron chi connectivity index (χ0n) is 29.3. The SMILES string of the molecule is CCC1(C(C/C=C/[C@@H]2[C@@H](C/C=C\CCCC(=O)OC)[C@@H](O)C[C@@H]2O[Si](C)(C)C(C)(C)C)O[Si](C)(C)C(C)(C)C)CCC1. The van der Waals surface area contributed by atoms with E-state index in [0.29, 0.717) is 18.3 Å². The molecule has 0 bridgehead atoms. The van der Waals surface area contributed by atoms with Gasteiger partial charge in [-0.25, -0.2) is 0 Å². The Bertz CT molecular complexity index is 902. The molecule has 0 amide bonds. The van der Waals surface area contributed by atoms with Gasteiger partial charge in [0.25, 0.3) is 0 Å². The maximum Gasteiger partial charge on any atom is 0.305 e. The summed E-state index contributed by atoms with van der Waals surface area (Å²) in [5, 5.41) is 11.6. The quantitative estimate of drug-likeness (QED) is 0.0853. The van der Waals surface area contributed by atoms with Gasteiger partial charge in [-0.3, -0.25) is 4.79 Å². The predicted octanol–water partition coefficient (Wildman–Crippen LogP) is 9.58. The number of allylic oxidation sites excluding steroid dienone is 2. The van der Waals surface area contributed by atoms with Gasteiger partial charge in [0.15, 0.2) is 16.6 Å². The minimum atomic E-state index is -2.01. The van der Waals surface area contributed by atoms with Gasteiger partial charge in [-0.2, -0.15) is 0 Å². The first-order valence-corrected chi connectivity index (χ1v) is 22.5. The summed E-state index contributed by atoms with van der Waals surface area (Å²) in [5.41, 5.74) is 0.290. The van der Waals surface area contributed by atoms with Crippen molar-refractivity contribution in [2.24, 2.45) is 17.3 Å². The average molecular weight is 623 g/mol. The molecule has 2 fully saturated rings. The van der Waals surface area contributed by atoms with Gasteiger partial charge in [0.2, 0.25) is 0 Å². The number of hydrogen-bond acceptors (Lipinski definition) is 5. The molecule has 0 heterocycles. The Morgan fingerprint density at radius 2 is 1.62 bits per heavy atom. The van der Waals surface area contributed by atoms with Crippen LogP contribution in [0.3, 0.4) is 0 Å². The summed E-state index contributed by atoms with van der Waals surface area (Å²) in [7, 11) is -2.49. The Balaban J connectivity index is 2.27. The number of esters is 1. The molecule has 1 N–H and O–H groups in total. The molecule has 0 radical (unpaired) electrons. The first kappa shape index (κ1) is 37.5. The number of ether oxygens (including phenoxy) is 1. The molecular formula is C35H66O5Si2. The minimum Gasteiger partial charge on any atom is -0.469 e. The lowest BCUT2D eigenvalue weighted by molar-refractivity contribution is -0.140. The summed E-state index contributed by atoms with van der Waals surface area (Å²) in [4.78, 5) is 11.4. The van der Waals surface area contributed by atoms with Crippen LogP contribution in [0.2, 0.25) is 36.3 Å². The van der Waals surface area contributed by atoms with E-state index in [1.165, 1.54) is 32.8 Å². The van der Waals surface area contributed by atoms with Crippen molar-refractivity contribution in [2.75, 3.05) is 7.11 Å². The molecule has 0 spiro atoms. The topological polar surface area (TPSA) is 65.0 Å². The highest BCUT2D eigenvalue weighted by molar-refractivity contribution is 6.74. The van der Waals surface area contributed by atoms with Gasteiger partial charge in [-0.1, -0.05) is 79.2 Å². The Labute approximate surface area is 261 Å². The number of aliphatic hydroxyl groups is 1. The first-order chi connectivity index (χ1) is 19.3. The molecule has 2 rings (SSSR count). The van der Waals surface area contributed by atoms with Crippen LogP contribution in [0, 0.1) is 17.3 Å². The van der Waals surface area contributed by atoms with Crippen molar-refractivity contribution in [2.45, 2.75) is 167 Å². The van der Waals surface area contributed by atoms with Gasteiger partial charge >= 0.3 is 5.97 Å². The van der Waals surface area contributed by atoms with E-state index < -0.39 is 16.6 Å². The molecule has 244 valence electrons. The van der Waals surface area contributed by atoms with Crippen molar-refractivity contribution in [1.82, 2.24) is 0 Å². The fraction of sp³-hybridized carbons (Fsp3) is 0.857. The molecule has 0 aromatic carbocycles. The maximum atomic E-state index is 11.4. The smallest absolute Gasteiger partial charge is 0.305 e. The fourth-order valence-electron chi connectivity index (χ4n) is 6.05. The van der Waals surface area contributed by atoms with Crippen LogP contribution >= 0.6 is 0 Å². The number of methoxy groups -OCH3 is 1. The highest BCUT2D eigenvalue weighted by Gasteiger charge is 2.49. The number of unbranched alkanes of at least 4 members (excludes halogenated alkanes) is 1. The molecule has 0 saturated heterocycles. The number of carbonyl (C=O) groups is 1. The number of hydrogen-bond donors (Lipinski definition) is 1. The van der Waals surface area contributed by atoms with Crippen LogP contribution < -0.4 is 0 Å². The Hall–Kier alpha value is -0.736. The lowest BCUT2D eigenvalue weighted by Crippen LogP contribution is -2.51. The summed E-state index contributed by atoms with van der Waals surface area (Å²) in [6.07, 6.45) is 18.5. The summed E-state index contributed by atoms with van der Waals surface area (Å²) < 4.78 is 18.9.